The number of benzene rings is 1. The van der Waals surface area contributed by atoms with Gasteiger partial charge in [0.2, 0.25) is 5.91 Å². The summed E-state index contributed by atoms with van der Waals surface area (Å²) >= 11 is 5.86. The predicted molar refractivity (Wildman–Crippen MR) is 99.4 cm³/mol. The third-order valence-corrected chi connectivity index (χ3v) is 4.79. The highest BCUT2D eigenvalue weighted by Gasteiger charge is 2.25. The maximum atomic E-state index is 12.4. The molecule has 0 radical (unpaired) electrons. The summed E-state index contributed by atoms with van der Waals surface area (Å²) in [6.07, 6.45) is 3.17. The fourth-order valence-corrected chi connectivity index (χ4v) is 3.14. The lowest BCUT2D eigenvalue weighted by molar-refractivity contribution is -0.125. The molecule has 1 amide bonds. The van der Waals surface area contributed by atoms with E-state index >= 15 is 0 Å². The van der Waals surface area contributed by atoms with Crippen LogP contribution >= 0.6 is 11.6 Å². The zero-order chi connectivity index (χ0) is 18.5. The van der Waals surface area contributed by atoms with E-state index in [-0.39, 0.29) is 17.4 Å². The van der Waals surface area contributed by atoms with Crippen LogP contribution in [-0.2, 0) is 11.3 Å². The minimum Gasteiger partial charge on any atom is -0.478 e. The molecular weight excluding hydrogens is 354 g/mol. The molecule has 1 saturated heterocycles. The molecular formula is C19H20ClN3O3. The van der Waals surface area contributed by atoms with E-state index in [1.54, 1.807) is 30.5 Å². The van der Waals surface area contributed by atoms with Crippen molar-refractivity contribution >= 4 is 29.3 Å². The first-order chi connectivity index (χ1) is 12.5. The molecule has 0 atom stereocenters. The number of aromatic nitrogens is 1. The molecule has 6 nitrogen and oxygen atoms in total. The number of carbonyl (C=O) groups excluding carboxylic acids is 1. The Balaban J connectivity index is 1.47. The first-order valence-electron chi connectivity index (χ1n) is 8.49. The molecule has 0 saturated carbocycles. The minimum atomic E-state index is -0.956. The summed E-state index contributed by atoms with van der Waals surface area (Å²) in [5, 5.41) is 12.4. The van der Waals surface area contributed by atoms with E-state index < -0.39 is 5.97 Å². The highest BCUT2D eigenvalue weighted by molar-refractivity contribution is 6.30. The topological polar surface area (TPSA) is 82.5 Å². The van der Waals surface area contributed by atoms with Crippen molar-refractivity contribution in [2.75, 3.05) is 18.0 Å². The van der Waals surface area contributed by atoms with Gasteiger partial charge in [0.15, 0.2) is 0 Å². The fourth-order valence-electron chi connectivity index (χ4n) is 3.02. The van der Waals surface area contributed by atoms with Gasteiger partial charge in [-0.2, -0.15) is 0 Å². The molecule has 0 unspecified atom stereocenters. The van der Waals surface area contributed by atoms with Crippen molar-refractivity contribution in [3.8, 4) is 0 Å². The molecule has 136 valence electrons. The number of piperidine rings is 1. The van der Waals surface area contributed by atoms with Crippen LogP contribution < -0.4 is 10.2 Å². The van der Waals surface area contributed by atoms with Crippen molar-refractivity contribution in [3.63, 3.8) is 0 Å². The van der Waals surface area contributed by atoms with Crippen LogP contribution in [0.2, 0.25) is 5.02 Å². The van der Waals surface area contributed by atoms with Crippen LogP contribution in [0.15, 0.2) is 42.6 Å². The van der Waals surface area contributed by atoms with E-state index in [1.165, 1.54) is 0 Å². The lowest BCUT2D eigenvalue weighted by Crippen LogP contribution is -2.40. The second-order valence-electron chi connectivity index (χ2n) is 6.32. The summed E-state index contributed by atoms with van der Waals surface area (Å²) in [6, 6.07) is 10.2. The Morgan fingerprint density at radius 2 is 1.85 bits per heavy atom. The molecule has 3 rings (SSSR count). The van der Waals surface area contributed by atoms with E-state index in [0.717, 1.165) is 37.3 Å². The van der Waals surface area contributed by atoms with Gasteiger partial charge in [-0.15, -0.1) is 0 Å². The lowest BCUT2D eigenvalue weighted by atomic mass is 9.96. The number of hydrogen-bond donors (Lipinski definition) is 2. The van der Waals surface area contributed by atoms with Crippen molar-refractivity contribution in [2.24, 2.45) is 5.92 Å². The van der Waals surface area contributed by atoms with Crippen LogP contribution in [0.25, 0.3) is 0 Å². The number of pyridine rings is 1. The quantitative estimate of drug-likeness (QED) is 0.842. The first kappa shape index (κ1) is 18.2. The van der Waals surface area contributed by atoms with Crippen molar-refractivity contribution in [3.05, 3.63) is 58.7 Å². The molecule has 1 aliphatic heterocycles. The molecule has 1 aromatic carbocycles. The fraction of sp³-hybridized carbons (Fsp3) is 0.316. The van der Waals surface area contributed by atoms with Crippen LogP contribution in [0.5, 0.6) is 0 Å². The summed E-state index contributed by atoms with van der Waals surface area (Å²) in [7, 11) is 0. The number of carboxylic acid groups (broad SMARTS) is 1. The average molecular weight is 374 g/mol. The van der Waals surface area contributed by atoms with Gasteiger partial charge in [0, 0.05) is 31.7 Å². The van der Waals surface area contributed by atoms with Gasteiger partial charge in [-0.25, -0.2) is 9.78 Å². The smallest absolute Gasteiger partial charge is 0.335 e. The zero-order valence-corrected chi connectivity index (χ0v) is 14.9. The molecule has 2 aromatic rings. The lowest BCUT2D eigenvalue weighted by Gasteiger charge is -2.32. The Morgan fingerprint density at radius 1 is 1.15 bits per heavy atom. The number of aromatic carboxylic acids is 1. The number of amides is 1. The van der Waals surface area contributed by atoms with E-state index in [1.807, 2.05) is 12.1 Å². The highest BCUT2D eigenvalue weighted by Crippen LogP contribution is 2.23. The molecule has 2 heterocycles. The number of carboxylic acids is 1. The molecule has 2 N–H and O–H groups in total. The van der Waals surface area contributed by atoms with Crippen LogP contribution in [-0.4, -0.2) is 35.1 Å². The highest BCUT2D eigenvalue weighted by atomic mass is 35.5. The van der Waals surface area contributed by atoms with Crippen molar-refractivity contribution in [2.45, 2.75) is 19.4 Å². The number of rotatable bonds is 5. The maximum Gasteiger partial charge on any atom is 0.335 e. The Bertz CT molecular complexity index is 770. The average Bonchev–Trinajstić information content (AvgIpc) is 2.67. The number of hydrogen-bond acceptors (Lipinski definition) is 4. The number of nitrogens with zero attached hydrogens (tertiary/aromatic N) is 2. The summed E-state index contributed by atoms with van der Waals surface area (Å²) in [6.45, 7) is 1.96. The maximum absolute atomic E-state index is 12.4. The van der Waals surface area contributed by atoms with Gasteiger partial charge in [0.1, 0.15) is 5.82 Å². The molecule has 26 heavy (non-hydrogen) atoms. The predicted octanol–water partition coefficient (Wildman–Crippen LogP) is 2.97. The molecule has 1 aromatic heterocycles. The van der Waals surface area contributed by atoms with Gasteiger partial charge in [0.25, 0.3) is 0 Å². The van der Waals surface area contributed by atoms with E-state index in [4.69, 9.17) is 16.7 Å². The van der Waals surface area contributed by atoms with Crippen molar-refractivity contribution in [1.82, 2.24) is 10.3 Å². The molecule has 0 aliphatic carbocycles. The minimum absolute atomic E-state index is 0.0168. The summed E-state index contributed by atoms with van der Waals surface area (Å²) in [4.78, 5) is 29.7. The second kappa shape index (κ2) is 8.19. The number of halogens is 1. The van der Waals surface area contributed by atoms with Gasteiger partial charge in [0.05, 0.1) is 10.6 Å². The monoisotopic (exact) mass is 373 g/mol. The third-order valence-electron chi connectivity index (χ3n) is 4.57. The molecule has 0 bridgehead atoms. The van der Waals surface area contributed by atoms with Crippen LogP contribution in [0.4, 0.5) is 5.82 Å². The van der Waals surface area contributed by atoms with E-state index in [0.29, 0.717) is 11.6 Å². The summed E-state index contributed by atoms with van der Waals surface area (Å²) in [5.74, 6) is -0.0535. The Hall–Kier alpha value is -2.60. The first-order valence-corrected chi connectivity index (χ1v) is 8.87. The Morgan fingerprint density at radius 3 is 2.42 bits per heavy atom. The largest absolute Gasteiger partial charge is 0.478 e. The van der Waals surface area contributed by atoms with E-state index in [2.05, 4.69) is 15.2 Å². The van der Waals surface area contributed by atoms with Crippen molar-refractivity contribution in [1.29, 1.82) is 0 Å². The zero-order valence-electron chi connectivity index (χ0n) is 14.2. The number of carbonyl (C=O) groups is 2. The SMILES string of the molecule is O=C(O)c1ccc(CNC(=O)C2CCN(c3ccc(Cl)cn3)CC2)cc1. The number of nitrogens with one attached hydrogen (secondary N) is 1. The molecule has 1 fully saturated rings. The van der Waals surface area contributed by atoms with Crippen LogP contribution in [0.3, 0.4) is 0 Å². The van der Waals surface area contributed by atoms with Crippen LogP contribution in [0, 0.1) is 5.92 Å². The molecule has 7 heteroatoms. The summed E-state index contributed by atoms with van der Waals surface area (Å²) < 4.78 is 0. The van der Waals surface area contributed by atoms with Gasteiger partial charge in [-0.1, -0.05) is 23.7 Å². The number of anilines is 1. The second-order valence-corrected chi connectivity index (χ2v) is 6.75. The van der Waals surface area contributed by atoms with Gasteiger partial charge >= 0.3 is 5.97 Å². The van der Waals surface area contributed by atoms with Crippen LogP contribution in [0.1, 0.15) is 28.8 Å². The normalized spacial score (nSPS) is 14.9. The van der Waals surface area contributed by atoms with Gasteiger partial charge < -0.3 is 15.3 Å². The molecule has 0 spiro atoms. The van der Waals surface area contributed by atoms with E-state index in [9.17, 15) is 9.59 Å². The third kappa shape index (κ3) is 4.52. The van der Waals surface area contributed by atoms with Gasteiger partial charge in [-0.3, -0.25) is 4.79 Å². The Kier molecular flexibility index (Phi) is 5.73. The van der Waals surface area contributed by atoms with Crippen molar-refractivity contribution < 1.29 is 14.7 Å². The Labute approximate surface area is 156 Å². The standard InChI is InChI=1S/C19H20ClN3O3/c20-16-5-6-17(21-12-16)23-9-7-14(8-10-23)18(24)22-11-13-1-3-15(4-2-13)19(25)26/h1-6,12,14H,7-11H2,(H,22,24)(H,25,26). The summed E-state index contributed by atoms with van der Waals surface area (Å²) in [5.41, 5.74) is 1.12. The van der Waals surface area contributed by atoms with Gasteiger partial charge in [-0.05, 0) is 42.7 Å². The molecule has 1 aliphatic rings.